The summed E-state index contributed by atoms with van der Waals surface area (Å²) < 4.78 is 55.4. The summed E-state index contributed by atoms with van der Waals surface area (Å²) in [6.07, 6.45) is -7.31. The smallest absolute Gasteiger partial charge is 0.315 e. The van der Waals surface area contributed by atoms with Gasteiger partial charge in [0.25, 0.3) is 0 Å². The van der Waals surface area contributed by atoms with Crippen LogP contribution in [0.2, 0.25) is 0 Å². The van der Waals surface area contributed by atoms with Crippen LogP contribution < -0.4 is 5.32 Å². The molecular formula is C51H81N3O16. The summed E-state index contributed by atoms with van der Waals surface area (Å²) in [4.78, 5) is 81.8. The minimum atomic E-state index is -1.44. The van der Waals surface area contributed by atoms with Crippen LogP contribution in [0, 0.1) is 17.8 Å². The number of nitrogens with one attached hydrogen (secondary N) is 1. The normalized spacial score (nSPS) is 33.8. The van der Waals surface area contributed by atoms with Crippen molar-refractivity contribution in [1.82, 2.24) is 15.1 Å². The highest BCUT2D eigenvalue weighted by atomic mass is 16.7. The summed E-state index contributed by atoms with van der Waals surface area (Å²) in [5, 5.41) is 15.3. The van der Waals surface area contributed by atoms with Crippen LogP contribution in [0.4, 0.5) is 0 Å². The highest BCUT2D eigenvalue weighted by molar-refractivity contribution is 5.77. The first-order valence-corrected chi connectivity index (χ1v) is 24.9. The van der Waals surface area contributed by atoms with E-state index in [0.29, 0.717) is 19.6 Å². The second-order valence-corrected chi connectivity index (χ2v) is 19.4. The Morgan fingerprint density at radius 2 is 1.66 bits per heavy atom. The molecule has 19 nitrogen and oxygen atoms in total. The molecule has 1 amide bonds. The van der Waals surface area contributed by atoms with Gasteiger partial charge in [0.15, 0.2) is 12.6 Å². The molecule has 19 heteroatoms. The third kappa shape index (κ3) is 16.7. The first-order chi connectivity index (χ1) is 33.2. The minimum Gasteiger partial charge on any atom is -0.466 e. The highest BCUT2D eigenvalue weighted by Crippen LogP contribution is 2.41. The molecule has 3 saturated heterocycles. The number of amides is 1. The minimum absolute atomic E-state index is 0.000953. The number of aliphatic hydroxyl groups excluding tert-OH is 1. The Kier molecular flexibility index (Phi) is 23.6. The summed E-state index contributed by atoms with van der Waals surface area (Å²) in [6, 6.07) is 9.38. The average molecular weight is 992 g/mol. The standard InChI is InChI=1S/C51H81N3O16/c1-12-41(59)67-38-28-40(58)52-23-25-54(24-18-17-21-36-19-15-14-16-20-36)30-39(66-34(6)56)31(3)27-37(22-26-55)47(48(38)62-11)69-50-45(60)44(53(9)10)46(33(5)65-50)68-42-29-51(8,70-35(7)57)43(32(4)64-42)49(61)63-13-2/h14-16,19-20,26,31-33,37-39,42-48,50,60H,12-13,17-18,21-25,27-30H2,1-11H3,(H,52,58)/t31-,32+,33-,37+,38-,39+,42+,43-,44-,45-,46-,47+,48+,50+,51-/m1/s1. The number of carbonyl (C=O) groups is 6. The molecule has 0 saturated carbocycles. The van der Waals surface area contributed by atoms with Gasteiger partial charge in [-0.2, -0.15) is 0 Å². The van der Waals surface area contributed by atoms with Crippen molar-refractivity contribution in [3.8, 4) is 0 Å². The average Bonchev–Trinajstić information content (AvgIpc) is 3.27. The summed E-state index contributed by atoms with van der Waals surface area (Å²) >= 11 is 0. The molecule has 0 aliphatic carbocycles. The zero-order valence-corrected chi connectivity index (χ0v) is 43.2. The summed E-state index contributed by atoms with van der Waals surface area (Å²) in [6.45, 7) is 14.7. The number of ether oxygens (including phenoxy) is 9. The number of unbranched alkanes of at least 4 members (excludes halogenated alkanes) is 1. The number of esters is 4. The number of aldehydes is 1. The van der Waals surface area contributed by atoms with Crippen LogP contribution in [0.3, 0.4) is 0 Å². The zero-order chi connectivity index (χ0) is 51.7. The molecular weight excluding hydrogens is 911 g/mol. The number of benzene rings is 1. The largest absolute Gasteiger partial charge is 0.466 e. The predicted molar refractivity (Wildman–Crippen MR) is 255 cm³/mol. The Balaban J connectivity index is 1.69. The topological polar surface area (TPSA) is 224 Å². The summed E-state index contributed by atoms with van der Waals surface area (Å²) in [5.41, 5.74) is -0.133. The summed E-state index contributed by atoms with van der Waals surface area (Å²) in [5.74, 6) is -4.70. The molecule has 15 atom stereocenters. The Hall–Kier alpha value is -4.08. The molecule has 396 valence electrons. The number of aryl methyl sites for hydroxylation is 1. The SMILES string of the molecule is CCOC(=O)[C@H]1[C@H](C)O[C@@H](O[C@H]2[C@H](N(C)C)[C@@H](O)[C@H](O[C@H]3[C@@H](CC=O)C[C@@H](C)[C@@H](OC(C)=O)CN(CCCCc4ccccc4)CCNC(=O)C[C@@H](OC(=O)CC)[C@@H]3OC)O[C@@H]2C)C[C@@]1(C)OC(C)=O. The maximum absolute atomic E-state index is 13.8. The molecule has 1 aromatic carbocycles. The lowest BCUT2D eigenvalue weighted by molar-refractivity contribution is -0.341. The number of hydrogen-bond donors (Lipinski definition) is 2. The van der Waals surface area contributed by atoms with Crippen molar-refractivity contribution in [2.24, 2.45) is 17.8 Å². The monoisotopic (exact) mass is 992 g/mol. The second kappa shape index (κ2) is 28.2. The lowest BCUT2D eigenvalue weighted by Crippen LogP contribution is -2.66. The van der Waals surface area contributed by atoms with Gasteiger partial charge in [0.05, 0.1) is 37.4 Å². The Bertz CT molecular complexity index is 1820. The number of hydrogen-bond acceptors (Lipinski definition) is 18. The molecule has 3 heterocycles. The molecule has 0 aromatic heterocycles. The fraction of sp³-hybridized carbons (Fsp3) is 0.765. The van der Waals surface area contributed by atoms with Gasteiger partial charge in [-0.3, -0.25) is 28.9 Å². The lowest BCUT2D eigenvalue weighted by atomic mass is 9.79. The van der Waals surface area contributed by atoms with E-state index in [1.807, 2.05) is 25.1 Å². The maximum atomic E-state index is 13.8. The number of carbonyl (C=O) groups excluding carboxylic acids is 6. The molecule has 0 bridgehead atoms. The van der Waals surface area contributed by atoms with Crippen molar-refractivity contribution in [2.75, 3.05) is 54.0 Å². The van der Waals surface area contributed by atoms with Crippen molar-refractivity contribution in [2.45, 2.75) is 180 Å². The highest BCUT2D eigenvalue weighted by Gasteiger charge is 2.55. The third-order valence-corrected chi connectivity index (χ3v) is 13.6. The maximum Gasteiger partial charge on any atom is 0.315 e. The van der Waals surface area contributed by atoms with E-state index in [1.54, 1.807) is 53.6 Å². The van der Waals surface area contributed by atoms with Crippen molar-refractivity contribution >= 4 is 36.1 Å². The number of rotatable bonds is 19. The van der Waals surface area contributed by atoms with E-state index < -0.39 is 115 Å². The van der Waals surface area contributed by atoms with E-state index >= 15 is 0 Å². The van der Waals surface area contributed by atoms with Crippen LogP contribution in [0.25, 0.3) is 0 Å². The third-order valence-electron chi connectivity index (χ3n) is 13.6. The van der Waals surface area contributed by atoms with Gasteiger partial charge in [-0.05, 0) is 91.4 Å². The van der Waals surface area contributed by atoms with Crippen molar-refractivity contribution < 1.29 is 76.5 Å². The molecule has 3 aliphatic heterocycles. The van der Waals surface area contributed by atoms with Gasteiger partial charge in [-0.1, -0.05) is 44.2 Å². The van der Waals surface area contributed by atoms with Crippen LogP contribution in [-0.2, 0) is 77.8 Å². The van der Waals surface area contributed by atoms with Crippen LogP contribution >= 0.6 is 0 Å². The fourth-order valence-electron chi connectivity index (χ4n) is 10.3. The van der Waals surface area contributed by atoms with E-state index in [0.717, 1.165) is 25.5 Å². The molecule has 3 fully saturated rings. The van der Waals surface area contributed by atoms with E-state index in [1.165, 1.54) is 26.5 Å². The first-order valence-electron chi connectivity index (χ1n) is 24.9. The van der Waals surface area contributed by atoms with Gasteiger partial charge in [-0.15, -0.1) is 0 Å². The second-order valence-electron chi connectivity index (χ2n) is 19.4. The van der Waals surface area contributed by atoms with E-state index in [-0.39, 0.29) is 51.2 Å². The van der Waals surface area contributed by atoms with E-state index in [2.05, 4.69) is 22.3 Å². The predicted octanol–water partition coefficient (Wildman–Crippen LogP) is 3.77. The molecule has 1 aromatic rings. The number of aliphatic hydroxyl groups is 1. The Morgan fingerprint density at radius 3 is 2.27 bits per heavy atom. The summed E-state index contributed by atoms with van der Waals surface area (Å²) in [7, 11) is 4.89. The van der Waals surface area contributed by atoms with Crippen molar-refractivity contribution in [3.63, 3.8) is 0 Å². The van der Waals surface area contributed by atoms with Gasteiger partial charge in [0.2, 0.25) is 5.91 Å². The molecule has 2 N–H and O–H groups in total. The van der Waals surface area contributed by atoms with Crippen LogP contribution in [0.15, 0.2) is 30.3 Å². The van der Waals surface area contributed by atoms with E-state index in [9.17, 15) is 33.9 Å². The zero-order valence-electron chi connectivity index (χ0n) is 43.2. The number of likely N-dealkylation sites (N-methyl/N-ethyl adjacent to an activating group) is 1. The number of nitrogens with zero attached hydrogens (tertiary/aromatic N) is 2. The molecule has 70 heavy (non-hydrogen) atoms. The lowest BCUT2D eigenvalue weighted by Gasteiger charge is -2.50. The quantitative estimate of drug-likeness (QED) is 0.0871. The fourth-order valence-corrected chi connectivity index (χ4v) is 10.3. The molecule has 0 unspecified atom stereocenters. The van der Waals surface area contributed by atoms with Crippen LogP contribution in [0.1, 0.15) is 106 Å². The van der Waals surface area contributed by atoms with Gasteiger partial charge < -0.3 is 62.7 Å². The Labute approximate surface area is 414 Å². The first kappa shape index (κ1) is 58.5. The molecule has 0 spiro atoms. The van der Waals surface area contributed by atoms with Gasteiger partial charge in [0.1, 0.15) is 48.3 Å². The van der Waals surface area contributed by atoms with Gasteiger partial charge in [0, 0.05) is 59.9 Å². The Morgan fingerprint density at radius 1 is 0.943 bits per heavy atom. The van der Waals surface area contributed by atoms with Gasteiger partial charge >= 0.3 is 23.9 Å². The number of methoxy groups -OCH3 is 1. The van der Waals surface area contributed by atoms with Crippen LogP contribution in [0.5, 0.6) is 0 Å². The van der Waals surface area contributed by atoms with Crippen molar-refractivity contribution in [1.29, 1.82) is 0 Å². The molecule has 0 radical (unpaired) electrons. The molecule has 3 aliphatic rings. The van der Waals surface area contributed by atoms with Gasteiger partial charge in [-0.25, -0.2) is 0 Å². The van der Waals surface area contributed by atoms with E-state index in [4.69, 9.17) is 42.6 Å². The van der Waals surface area contributed by atoms with Crippen LogP contribution in [-0.4, -0.2) is 178 Å². The van der Waals surface area contributed by atoms with Crippen molar-refractivity contribution in [3.05, 3.63) is 35.9 Å². The molecule has 4 rings (SSSR count).